The zero-order chi connectivity index (χ0) is 20.2. The van der Waals surface area contributed by atoms with Crippen LogP contribution in [0.1, 0.15) is 40.9 Å². The largest absolute Gasteiger partial charge is 0.481 e. The minimum atomic E-state index is -4.79. The summed E-state index contributed by atoms with van der Waals surface area (Å²) in [7, 11) is 0. The number of benzene rings is 1. The third kappa shape index (κ3) is 4.42. The fourth-order valence-electron chi connectivity index (χ4n) is 2.67. The zero-order valence-corrected chi connectivity index (χ0v) is 14.7. The molecule has 6 nitrogen and oxygen atoms in total. The average Bonchev–Trinajstić information content (AvgIpc) is 2.61. The zero-order valence-electron chi connectivity index (χ0n) is 14.7. The van der Waals surface area contributed by atoms with Gasteiger partial charge in [-0.1, -0.05) is 37.3 Å². The Labute approximate surface area is 153 Å². The van der Waals surface area contributed by atoms with Crippen molar-refractivity contribution in [2.24, 2.45) is 0 Å². The Morgan fingerprint density at radius 1 is 1.15 bits per heavy atom. The van der Waals surface area contributed by atoms with Gasteiger partial charge in [-0.2, -0.15) is 13.2 Å². The summed E-state index contributed by atoms with van der Waals surface area (Å²) in [5.74, 6) is -3.47. The van der Waals surface area contributed by atoms with E-state index in [9.17, 15) is 27.9 Å². The molecule has 1 atom stereocenters. The van der Waals surface area contributed by atoms with Crippen LogP contribution in [-0.2, 0) is 16.4 Å². The molecule has 1 aromatic heterocycles. The number of carbonyl (C=O) groups is 2. The number of aromatic nitrogens is 2. The maximum atomic E-state index is 12.8. The summed E-state index contributed by atoms with van der Waals surface area (Å²) in [4.78, 5) is 30.8. The molecule has 0 aliphatic rings. The number of halogens is 3. The van der Waals surface area contributed by atoms with Gasteiger partial charge >= 0.3 is 12.1 Å². The fraction of sp³-hybridized carbons (Fsp3) is 0.333. The second kappa shape index (κ2) is 7.73. The minimum absolute atomic E-state index is 0.0227. The Morgan fingerprint density at radius 3 is 2.30 bits per heavy atom. The molecule has 1 amide bonds. The lowest BCUT2D eigenvalue weighted by Gasteiger charge is -2.29. The molecule has 27 heavy (non-hydrogen) atoms. The number of alkyl halides is 3. The molecule has 0 aliphatic carbocycles. The topological polar surface area (TPSA) is 92.2 Å². The first-order valence-electron chi connectivity index (χ1n) is 8.10. The van der Waals surface area contributed by atoms with Gasteiger partial charge in [0, 0.05) is 12.2 Å². The van der Waals surface area contributed by atoms with Crippen LogP contribution in [-0.4, -0.2) is 33.5 Å². The van der Waals surface area contributed by atoms with Gasteiger partial charge < -0.3 is 10.4 Å². The van der Waals surface area contributed by atoms with Crippen molar-refractivity contribution >= 4 is 11.9 Å². The van der Waals surface area contributed by atoms with Gasteiger partial charge in [-0.05, 0) is 25.0 Å². The van der Waals surface area contributed by atoms with E-state index in [1.165, 1.54) is 6.92 Å². The third-order valence-electron chi connectivity index (χ3n) is 4.23. The Kier molecular flexibility index (Phi) is 5.82. The number of carboxylic acids is 1. The van der Waals surface area contributed by atoms with Crippen LogP contribution in [0.2, 0.25) is 0 Å². The number of nitrogens with zero attached hydrogens (tertiary/aromatic N) is 2. The predicted octanol–water partition coefficient (Wildman–Crippen LogP) is 2.97. The summed E-state index contributed by atoms with van der Waals surface area (Å²) in [5.41, 5.74) is -1.43. The minimum Gasteiger partial charge on any atom is -0.481 e. The first-order valence-corrected chi connectivity index (χ1v) is 8.10. The molecule has 144 valence electrons. The van der Waals surface area contributed by atoms with Gasteiger partial charge in [0.2, 0.25) is 5.82 Å². The highest BCUT2D eigenvalue weighted by Gasteiger charge is 2.39. The first-order chi connectivity index (χ1) is 12.6. The molecule has 0 saturated carbocycles. The van der Waals surface area contributed by atoms with Crippen LogP contribution >= 0.6 is 0 Å². The van der Waals surface area contributed by atoms with E-state index in [2.05, 4.69) is 15.3 Å². The lowest BCUT2D eigenvalue weighted by Crippen LogP contribution is -2.46. The van der Waals surface area contributed by atoms with Gasteiger partial charge in [-0.3, -0.25) is 9.59 Å². The van der Waals surface area contributed by atoms with Crippen LogP contribution in [0.25, 0.3) is 0 Å². The second-order valence-corrected chi connectivity index (χ2v) is 6.01. The van der Waals surface area contributed by atoms with Crippen molar-refractivity contribution in [3.63, 3.8) is 0 Å². The van der Waals surface area contributed by atoms with Gasteiger partial charge in [-0.15, -0.1) is 0 Å². The van der Waals surface area contributed by atoms with Crippen molar-refractivity contribution < 1.29 is 27.9 Å². The number of carbonyl (C=O) groups excluding carboxylic acids is 1. The van der Waals surface area contributed by atoms with Crippen LogP contribution in [0.15, 0.2) is 36.4 Å². The lowest BCUT2D eigenvalue weighted by atomic mass is 9.78. The molecule has 0 fully saturated rings. The Bertz CT molecular complexity index is 841. The van der Waals surface area contributed by atoms with Crippen molar-refractivity contribution in [2.45, 2.75) is 31.9 Å². The average molecular weight is 381 g/mol. The Morgan fingerprint density at radius 2 is 1.78 bits per heavy atom. The molecular formula is C18H18F3N3O3. The molecule has 2 N–H and O–H groups in total. The van der Waals surface area contributed by atoms with Crippen LogP contribution in [0.5, 0.6) is 0 Å². The van der Waals surface area contributed by atoms with Crippen molar-refractivity contribution in [3.8, 4) is 0 Å². The molecule has 2 rings (SSSR count). The quantitative estimate of drug-likeness (QED) is 0.803. The van der Waals surface area contributed by atoms with E-state index in [4.69, 9.17) is 0 Å². The van der Waals surface area contributed by atoms with E-state index >= 15 is 0 Å². The summed E-state index contributed by atoms with van der Waals surface area (Å²) < 4.78 is 38.5. The van der Waals surface area contributed by atoms with Crippen LogP contribution in [0.3, 0.4) is 0 Å². The summed E-state index contributed by atoms with van der Waals surface area (Å²) in [5, 5.41) is 12.1. The summed E-state index contributed by atoms with van der Waals surface area (Å²) in [6, 6.07) is 9.44. The highest BCUT2D eigenvalue weighted by Crippen LogP contribution is 2.28. The number of aryl methyl sites for hydroxylation is 1. The highest BCUT2D eigenvalue weighted by atomic mass is 19.4. The van der Waals surface area contributed by atoms with Gasteiger partial charge in [0.15, 0.2) is 0 Å². The van der Waals surface area contributed by atoms with Crippen LogP contribution in [0, 0.1) is 6.92 Å². The van der Waals surface area contributed by atoms with E-state index in [1.807, 2.05) is 0 Å². The van der Waals surface area contributed by atoms with Gasteiger partial charge in [0.25, 0.3) is 5.91 Å². The summed E-state index contributed by atoms with van der Waals surface area (Å²) in [6.45, 7) is 2.67. The van der Waals surface area contributed by atoms with E-state index in [1.54, 1.807) is 37.3 Å². The van der Waals surface area contributed by atoms with Gasteiger partial charge in [0.05, 0.1) is 0 Å². The monoisotopic (exact) mass is 381 g/mol. The highest BCUT2D eigenvalue weighted by molar-refractivity contribution is 5.93. The number of aliphatic carboxylic acids is 1. The molecule has 0 aliphatic heterocycles. The van der Waals surface area contributed by atoms with Crippen LogP contribution < -0.4 is 5.32 Å². The fourth-order valence-corrected chi connectivity index (χ4v) is 2.67. The first kappa shape index (κ1) is 20.3. The maximum absolute atomic E-state index is 12.8. The molecular weight excluding hydrogens is 363 g/mol. The molecule has 0 spiro atoms. The number of hydrogen-bond acceptors (Lipinski definition) is 4. The lowest BCUT2D eigenvalue weighted by molar-refractivity contribution is -0.145. The number of carboxylic acid groups (broad SMARTS) is 1. The molecule has 1 aromatic carbocycles. The number of rotatable bonds is 6. The van der Waals surface area contributed by atoms with E-state index in [0.29, 0.717) is 5.56 Å². The van der Waals surface area contributed by atoms with Gasteiger partial charge in [-0.25, -0.2) is 9.97 Å². The predicted molar refractivity (Wildman–Crippen MR) is 90.2 cm³/mol. The van der Waals surface area contributed by atoms with Crippen molar-refractivity contribution in [3.05, 3.63) is 59.2 Å². The van der Waals surface area contributed by atoms with Crippen molar-refractivity contribution in [2.75, 3.05) is 6.54 Å². The molecule has 1 unspecified atom stereocenters. The smallest absolute Gasteiger partial charge is 0.451 e. The maximum Gasteiger partial charge on any atom is 0.451 e. The van der Waals surface area contributed by atoms with E-state index in [0.717, 1.165) is 6.07 Å². The third-order valence-corrected chi connectivity index (χ3v) is 4.23. The molecule has 0 radical (unpaired) electrons. The van der Waals surface area contributed by atoms with Crippen molar-refractivity contribution in [1.29, 1.82) is 0 Å². The molecule has 0 bridgehead atoms. The number of hydrogen-bond donors (Lipinski definition) is 2. The summed E-state index contributed by atoms with van der Waals surface area (Å²) in [6.07, 6.45) is -4.62. The molecule has 0 saturated heterocycles. The SMILES string of the molecule is CCC(CNC(=O)c1cc(C)nc(C(F)(F)F)n1)(C(=O)O)c1ccccc1. The van der Waals surface area contributed by atoms with Gasteiger partial charge in [0.1, 0.15) is 11.1 Å². The summed E-state index contributed by atoms with van der Waals surface area (Å²) >= 11 is 0. The number of amides is 1. The molecule has 1 heterocycles. The van der Waals surface area contributed by atoms with E-state index in [-0.39, 0.29) is 18.7 Å². The van der Waals surface area contributed by atoms with Crippen LogP contribution in [0.4, 0.5) is 13.2 Å². The second-order valence-electron chi connectivity index (χ2n) is 6.01. The number of nitrogens with one attached hydrogen (secondary N) is 1. The Hall–Kier alpha value is -2.97. The molecule has 2 aromatic rings. The standard InChI is InChI=1S/C18H18F3N3O3/c1-3-17(16(26)27,12-7-5-4-6-8-12)10-22-14(25)13-9-11(2)23-15(24-13)18(19,20)21/h4-9H,3,10H2,1-2H3,(H,22,25)(H,26,27). The normalized spacial score (nSPS) is 13.7. The Balaban J connectivity index is 2.30. The molecule has 9 heteroatoms. The van der Waals surface area contributed by atoms with E-state index < -0.39 is 35.0 Å². The van der Waals surface area contributed by atoms with Crippen molar-refractivity contribution in [1.82, 2.24) is 15.3 Å².